The minimum Gasteiger partial charge on any atom is -0.488 e. The number of halogens is 2. The smallest absolute Gasteiger partial charge is 0.262 e. The second kappa shape index (κ2) is 9.52. The number of nitrogens with zero attached hydrogens (tertiary/aromatic N) is 1. The molecule has 0 heterocycles. The Balaban J connectivity index is 1.66. The molecule has 0 unspecified atom stereocenters. The molecule has 28 heavy (non-hydrogen) atoms. The van der Waals surface area contributed by atoms with Crippen molar-refractivity contribution < 1.29 is 13.9 Å². The quantitative estimate of drug-likeness (QED) is 0.497. The SMILES string of the molecule is N#C/C(=C/c1ccc(OCc2ccc(F)cc2)c(Br)c1)C(=O)NC1CCCC1. The van der Waals surface area contributed by atoms with Gasteiger partial charge in [-0.05, 0) is 70.2 Å². The molecule has 1 amide bonds. The summed E-state index contributed by atoms with van der Waals surface area (Å²) in [5.74, 6) is 0.00360. The average Bonchev–Trinajstić information content (AvgIpc) is 3.19. The lowest BCUT2D eigenvalue weighted by atomic mass is 10.1. The molecular weight excluding hydrogens is 423 g/mol. The fourth-order valence-corrected chi connectivity index (χ4v) is 3.63. The summed E-state index contributed by atoms with van der Waals surface area (Å²) >= 11 is 3.45. The average molecular weight is 443 g/mol. The molecule has 1 aliphatic carbocycles. The summed E-state index contributed by atoms with van der Waals surface area (Å²) in [5, 5.41) is 12.3. The molecule has 2 aromatic rings. The number of nitriles is 1. The maximum absolute atomic E-state index is 13.0. The first kappa shape index (κ1) is 20.1. The van der Waals surface area contributed by atoms with Crippen LogP contribution in [-0.4, -0.2) is 11.9 Å². The molecule has 0 atom stereocenters. The first-order valence-electron chi connectivity index (χ1n) is 9.14. The second-order valence-corrected chi connectivity index (χ2v) is 7.58. The van der Waals surface area contributed by atoms with Crippen LogP contribution in [0, 0.1) is 17.1 Å². The molecule has 1 aliphatic rings. The summed E-state index contributed by atoms with van der Waals surface area (Å²) in [7, 11) is 0. The lowest BCUT2D eigenvalue weighted by Gasteiger charge is -2.11. The van der Waals surface area contributed by atoms with E-state index in [4.69, 9.17) is 4.74 Å². The molecule has 3 rings (SSSR count). The van der Waals surface area contributed by atoms with Crippen molar-refractivity contribution in [2.75, 3.05) is 0 Å². The number of hydrogen-bond donors (Lipinski definition) is 1. The lowest BCUT2D eigenvalue weighted by molar-refractivity contribution is -0.117. The first-order valence-corrected chi connectivity index (χ1v) is 9.94. The highest BCUT2D eigenvalue weighted by atomic mass is 79.9. The number of nitrogens with one attached hydrogen (secondary N) is 1. The van der Waals surface area contributed by atoms with E-state index in [0.717, 1.165) is 36.8 Å². The van der Waals surface area contributed by atoms with Crippen LogP contribution in [0.25, 0.3) is 6.08 Å². The van der Waals surface area contributed by atoms with Crippen LogP contribution in [0.15, 0.2) is 52.5 Å². The van der Waals surface area contributed by atoms with Crippen molar-refractivity contribution in [1.29, 1.82) is 5.26 Å². The van der Waals surface area contributed by atoms with E-state index in [1.165, 1.54) is 12.1 Å². The van der Waals surface area contributed by atoms with Gasteiger partial charge in [-0.25, -0.2) is 4.39 Å². The van der Waals surface area contributed by atoms with Crippen molar-refractivity contribution in [1.82, 2.24) is 5.32 Å². The van der Waals surface area contributed by atoms with Gasteiger partial charge in [-0.1, -0.05) is 31.0 Å². The lowest BCUT2D eigenvalue weighted by Crippen LogP contribution is -2.33. The highest BCUT2D eigenvalue weighted by Crippen LogP contribution is 2.28. The van der Waals surface area contributed by atoms with Crippen LogP contribution >= 0.6 is 15.9 Å². The molecule has 0 aliphatic heterocycles. The van der Waals surface area contributed by atoms with E-state index in [2.05, 4.69) is 21.2 Å². The number of benzene rings is 2. The molecule has 144 valence electrons. The summed E-state index contributed by atoms with van der Waals surface area (Å²) < 4.78 is 19.4. The van der Waals surface area contributed by atoms with Crippen molar-refractivity contribution in [3.63, 3.8) is 0 Å². The molecule has 1 saturated carbocycles. The first-order chi connectivity index (χ1) is 13.5. The van der Waals surface area contributed by atoms with E-state index < -0.39 is 0 Å². The van der Waals surface area contributed by atoms with Crippen LogP contribution in [0.4, 0.5) is 4.39 Å². The molecule has 0 saturated heterocycles. The Kier molecular flexibility index (Phi) is 6.83. The zero-order valence-corrected chi connectivity index (χ0v) is 16.8. The third-order valence-electron chi connectivity index (χ3n) is 4.63. The molecule has 1 fully saturated rings. The number of carbonyl (C=O) groups excluding carboxylic acids is 1. The van der Waals surface area contributed by atoms with Crippen LogP contribution in [-0.2, 0) is 11.4 Å². The van der Waals surface area contributed by atoms with Gasteiger partial charge in [-0.3, -0.25) is 4.79 Å². The van der Waals surface area contributed by atoms with E-state index in [0.29, 0.717) is 16.8 Å². The van der Waals surface area contributed by atoms with Gasteiger partial charge in [0.15, 0.2) is 0 Å². The van der Waals surface area contributed by atoms with Gasteiger partial charge in [0, 0.05) is 6.04 Å². The standard InChI is InChI=1S/C22H20BrFN2O2/c23-20-12-16(11-17(13-25)22(27)26-19-3-1-2-4-19)7-10-21(20)28-14-15-5-8-18(24)9-6-15/h5-12,19H,1-4,14H2,(H,26,27)/b17-11-. The van der Waals surface area contributed by atoms with Gasteiger partial charge in [0.2, 0.25) is 0 Å². The maximum Gasteiger partial charge on any atom is 0.262 e. The van der Waals surface area contributed by atoms with Gasteiger partial charge in [0.05, 0.1) is 4.47 Å². The van der Waals surface area contributed by atoms with Crippen molar-refractivity contribution in [3.05, 3.63) is 69.5 Å². The van der Waals surface area contributed by atoms with Crippen LogP contribution in [0.3, 0.4) is 0 Å². The van der Waals surface area contributed by atoms with Crippen LogP contribution in [0.2, 0.25) is 0 Å². The van der Waals surface area contributed by atoms with Crippen LogP contribution < -0.4 is 10.1 Å². The minimum absolute atomic E-state index is 0.0822. The highest BCUT2D eigenvalue weighted by molar-refractivity contribution is 9.10. The number of ether oxygens (including phenoxy) is 1. The molecule has 0 bridgehead atoms. The Morgan fingerprint density at radius 1 is 1.25 bits per heavy atom. The largest absolute Gasteiger partial charge is 0.488 e. The van der Waals surface area contributed by atoms with E-state index >= 15 is 0 Å². The number of amides is 1. The predicted molar refractivity (Wildman–Crippen MR) is 109 cm³/mol. The summed E-state index contributed by atoms with van der Waals surface area (Å²) in [6.45, 7) is 0.307. The number of hydrogen-bond acceptors (Lipinski definition) is 3. The van der Waals surface area contributed by atoms with Crippen LogP contribution in [0.5, 0.6) is 5.75 Å². The van der Waals surface area contributed by atoms with Gasteiger partial charge < -0.3 is 10.1 Å². The summed E-state index contributed by atoms with van der Waals surface area (Å²) in [6, 6.07) is 13.6. The Hall–Kier alpha value is -2.65. The zero-order valence-electron chi connectivity index (χ0n) is 15.3. The van der Waals surface area contributed by atoms with Gasteiger partial charge in [0.1, 0.15) is 29.8 Å². The molecule has 4 nitrogen and oxygen atoms in total. The van der Waals surface area contributed by atoms with E-state index in [1.54, 1.807) is 36.4 Å². The molecule has 0 spiro atoms. The van der Waals surface area contributed by atoms with Gasteiger partial charge in [-0.2, -0.15) is 5.26 Å². The molecule has 1 N–H and O–H groups in total. The Labute approximate surface area is 172 Å². The van der Waals surface area contributed by atoms with E-state index in [9.17, 15) is 14.4 Å². The Morgan fingerprint density at radius 3 is 2.61 bits per heavy atom. The monoisotopic (exact) mass is 442 g/mol. The number of carbonyl (C=O) groups is 1. The molecule has 0 radical (unpaired) electrons. The van der Waals surface area contributed by atoms with Crippen LogP contribution in [0.1, 0.15) is 36.8 Å². The van der Waals surface area contributed by atoms with E-state index in [-0.39, 0.29) is 23.3 Å². The summed E-state index contributed by atoms with van der Waals surface area (Å²) in [6.07, 6.45) is 5.73. The fourth-order valence-electron chi connectivity index (χ4n) is 3.11. The molecule has 6 heteroatoms. The second-order valence-electron chi connectivity index (χ2n) is 6.73. The van der Waals surface area contributed by atoms with Crippen molar-refractivity contribution in [3.8, 4) is 11.8 Å². The molecule has 2 aromatic carbocycles. The molecular formula is C22H20BrFN2O2. The minimum atomic E-state index is -0.331. The third-order valence-corrected chi connectivity index (χ3v) is 5.25. The predicted octanol–water partition coefficient (Wildman–Crippen LogP) is 5.13. The topological polar surface area (TPSA) is 62.1 Å². The van der Waals surface area contributed by atoms with Crippen molar-refractivity contribution in [2.45, 2.75) is 38.3 Å². The maximum atomic E-state index is 13.0. The summed E-state index contributed by atoms with van der Waals surface area (Å²) in [5.41, 5.74) is 1.66. The van der Waals surface area contributed by atoms with Gasteiger partial charge in [0.25, 0.3) is 5.91 Å². The Bertz CT molecular complexity index is 913. The van der Waals surface area contributed by atoms with E-state index in [1.807, 2.05) is 6.07 Å². The highest BCUT2D eigenvalue weighted by Gasteiger charge is 2.19. The van der Waals surface area contributed by atoms with Gasteiger partial charge in [-0.15, -0.1) is 0 Å². The molecule has 0 aromatic heterocycles. The summed E-state index contributed by atoms with van der Waals surface area (Å²) in [4.78, 5) is 12.3. The fraction of sp³-hybridized carbons (Fsp3) is 0.273. The van der Waals surface area contributed by atoms with Crippen molar-refractivity contribution >= 4 is 27.9 Å². The third kappa shape index (κ3) is 5.43. The van der Waals surface area contributed by atoms with Gasteiger partial charge >= 0.3 is 0 Å². The Morgan fingerprint density at radius 2 is 1.96 bits per heavy atom. The van der Waals surface area contributed by atoms with Crippen molar-refractivity contribution in [2.24, 2.45) is 0 Å². The zero-order chi connectivity index (χ0) is 19.9. The number of rotatable bonds is 6. The normalized spacial score (nSPS) is 14.5.